The molecule has 2 rings (SSSR count). The van der Waals surface area contributed by atoms with Gasteiger partial charge in [-0.15, -0.1) is 0 Å². The Morgan fingerprint density at radius 3 is 2.62 bits per heavy atom. The maximum absolute atomic E-state index is 10.5. The Bertz CT molecular complexity index is 429. The first-order valence-electron chi connectivity index (χ1n) is 5.37. The smallest absolute Gasteiger partial charge is 0.303 e. The summed E-state index contributed by atoms with van der Waals surface area (Å²) >= 11 is 0. The number of hydrogen-bond acceptors (Lipinski definition) is 3. The van der Waals surface area contributed by atoms with Crippen molar-refractivity contribution in [2.75, 3.05) is 0 Å². The number of hydrogen-bond donors (Lipinski definition) is 3. The van der Waals surface area contributed by atoms with Crippen LogP contribution in [0.1, 0.15) is 23.1 Å². The lowest BCUT2D eigenvalue weighted by atomic mass is 10.0. The monoisotopic (exact) mass is 221 g/mol. The number of aryl methyl sites for hydroxylation is 1. The first-order valence-corrected chi connectivity index (χ1v) is 5.37. The lowest BCUT2D eigenvalue weighted by molar-refractivity contribution is -0.136. The van der Waals surface area contributed by atoms with E-state index in [-0.39, 0.29) is 18.2 Å². The van der Waals surface area contributed by atoms with Crippen LogP contribution in [0.15, 0.2) is 12.1 Å². The highest BCUT2D eigenvalue weighted by atomic mass is 16.4. The van der Waals surface area contributed by atoms with Gasteiger partial charge in [0, 0.05) is 12.5 Å². The number of nitrogens with two attached hydrogens (primary N) is 1. The highest BCUT2D eigenvalue weighted by Crippen LogP contribution is 2.29. The SMILES string of the molecule is NC1Cc2cc(O)c(CCC(=O)O)cc2C1. The molecule has 1 atom stereocenters. The average Bonchev–Trinajstić information content (AvgIpc) is 2.53. The van der Waals surface area contributed by atoms with Crippen LogP contribution in [0.25, 0.3) is 0 Å². The van der Waals surface area contributed by atoms with Gasteiger partial charge in [-0.25, -0.2) is 0 Å². The minimum absolute atomic E-state index is 0.0401. The third kappa shape index (κ3) is 2.17. The minimum Gasteiger partial charge on any atom is -0.508 e. The van der Waals surface area contributed by atoms with Crippen molar-refractivity contribution in [1.82, 2.24) is 0 Å². The number of phenols is 1. The van der Waals surface area contributed by atoms with Crippen LogP contribution >= 0.6 is 0 Å². The van der Waals surface area contributed by atoms with Crippen molar-refractivity contribution < 1.29 is 15.0 Å². The number of fused-ring (bicyclic) bond motifs is 1. The molecule has 1 aromatic carbocycles. The predicted octanol–water partition coefficient (Wildman–Crippen LogP) is 0.835. The maximum Gasteiger partial charge on any atom is 0.303 e. The van der Waals surface area contributed by atoms with Crippen LogP contribution in [0.4, 0.5) is 0 Å². The molecule has 16 heavy (non-hydrogen) atoms. The Kier molecular flexibility index (Phi) is 2.83. The van der Waals surface area contributed by atoms with Crippen molar-refractivity contribution in [1.29, 1.82) is 0 Å². The summed E-state index contributed by atoms with van der Waals surface area (Å²) in [6, 6.07) is 3.74. The third-order valence-electron chi connectivity index (χ3n) is 2.97. The molecule has 0 radical (unpaired) electrons. The third-order valence-corrected chi connectivity index (χ3v) is 2.97. The van der Waals surface area contributed by atoms with Crippen molar-refractivity contribution in [2.24, 2.45) is 5.73 Å². The van der Waals surface area contributed by atoms with Crippen molar-refractivity contribution in [3.8, 4) is 5.75 Å². The van der Waals surface area contributed by atoms with Gasteiger partial charge in [0.15, 0.2) is 0 Å². The van der Waals surface area contributed by atoms with Gasteiger partial charge >= 0.3 is 5.97 Å². The largest absolute Gasteiger partial charge is 0.508 e. The number of aliphatic carboxylic acids is 1. The first-order chi connectivity index (χ1) is 7.56. The molecule has 86 valence electrons. The molecule has 0 fully saturated rings. The quantitative estimate of drug-likeness (QED) is 0.706. The van der Waals surface area contributed by atoms with Gasteiger partial charge in [-0.2, -0.15) is 0 Å². The van der Waals surface area contributed by atoms with Gasteiger partial charge in [0.25, 0.3) is 0 Å². The zero-order chi connectivity index (χ0) is 11.7. The van der Waals surface area contributed by atoms with Gasteiger partial charge < -0.3 is 15.9 Å². The van der Waals surface area contributed by atoms with Crippen LogP contribution in [0.3, 0.4) is 0 Å². The van der Waals surface area contributed by atoms with Crippen molar-refractivity contribution in [2.45, 2.75) is 31.7 Å². The van der Waals surface area contributed by atoms with E-state index in [2.05, 4.69) is 0 Å². The molecule has 0 aliphatic heterocycles. The number of carbonyl (C=O) groups is 1. The first kappa shape index (κ1) is 11.0. The van der Waals surface area contributed by atoms with E-state index in [9.17, 15) is 9.90 Å². The Morgan fingerprint density at radius 1 is 1.38 bits per heavy atom. The highest BCUT2D eigenvalue weighted by Gasteiger charge is 2.20. The van der Waals surface area contributed by atoms with E-state index in [1.165, 1.54) is 0 Å². The van der Waals surface area contributed by atoms with Crippen LogP contribution < -0.4 is 5.73 Å². The normalized spacial score (nSPS) is 18.4. The van der Waals surface area contributed by atoms with Gasteiger partial charge in [0.1, 0.15) is 5.75 Å². The fourth-order valence-electron chi connectivity index (χ4n) is 2.19. The van der Waals surface area contributed by atoms with E-state index < -0.39 is 5.97 Å². The van der Waals surface area contributed by atoms with Gasteiger partial charge in [-0.05, 0) is 42.0 Å². The predicted molar refractivity (Wildman–Crippen MR) is 59.4 cm³/mol. The molecular formula is C12H15NO3. The number of rotatable bonds is 3. The molecule has 4 N–H and O–H groups in total. The average molecular weight is 221 g/mol. The molecule has 0 spiro atoms. The van der Waals surface area contributed by atoms with E-state index in [1.54, 1.807) is 6.07 Å². The zero-order valence-electron chi connectivity index (χ0n) is 8.94. The molecule has 0 saturated heterocycles. The number of carboxylic acid groups (broad SMARTS) is 1. The van der Waals surface area contributed by atoms with Crippen LogP contribution in [0, 0.1) is 0 Å². The van der Waals surface area contributed by atoms with Crippen LogP contribution in [0.2, 0.25) is 0 Å². The fraction of sp³-hybridized carbons (Fsp3) is 0.417. The van der Waals surface area contributed by atoms with Crippen LogP contribution in [-0.2, 0) is 24.1 Å². The van der Waals surface area contributed by atoms with Gasteiger partial charge in [-0.1, -0.05) is 6.07 Å². The second-order valence-electron chi connectivity index (χ2n) is 4.31. The molecule has 0 saturated carbocycles. The summed E-state index contributed by atoms with van der Waals surface area (Å²) in [6.07, 6.45) is 2.01. The topological polar surface area (TPSA) is 83.5 Å². The summed E-state index contributed by atoms with van der Waals surface area (Å²) < 4.78 is 0. The molecule has 0 aromatic heterocycles. The summed E-state index contributed by atoms with van der Waals surface area (Å²) in [5.74, 6) is -0.661. The van der Waals surface area contributed by atoms with E-state index in [0.717, 1.165) is 24.0 Å². The van der Waals surface area contributed by atoms with E-state index in [4.69, 9.17) is 10.8 Å². The van der Waals surface area contributed by atoms with E-state index >= 15 is 0 Å². The molecule has 1 aliphatic carbocycles. The summed E-state index contributed by atoms with van der Waals surface area (Å²) in [5, 5.41) is 18.3. The van der Waals surface area contributed by atoms with Crippen molar-refractivity contribution in [3.63, 3.8) is 0 Å². The fourth-order valence-corrected chi connectivity index (χ4v) is 2.19. The molecule has 0 bridgehead atoms. The molecule has 0 heterocycles. The second kappa shape index (κ2) is 4.14. The van der Waals surface area contributed by atoms with Crippen LogP contribution in [0.5, 0.6) is 5.75 Å². The molecule has 1 aromatic rings. The van der Waals surface area contributed by atoms with E-state index in [0.29, 0.717) is 12.0 Å². The van der Waals surface area contributed by atoms with E-state index in [1.807, 2.05) is 6.07 Å². The van der Waals surface area contributed by atoms with Crippen molar-refractivity contribution in [3.05, 3.63) is 28.8 Å². The Labute approximate surface area is 93.7 Å². The summed E-state index contributed by atoms with van der Waals surface area (Å²) in [6.45, 7) is 0. The Balaban J connectivity index is 2.21. The zero-order valence-corrected chi connectivity index (χ0v) is 8.94. The summed E-state index contributed by atoms with van der Waals surface area (Å²) in [7, 11) is 0. The summed E-state index contributed by atoms with van der Waals surface area (Å²) in [5.41, 5.74) is 8.77. The number of phenolic OH excluding ortho intramolecular Hbond substituents is 1. The lowest BCUT2D eigenvalue weighted by Crippen LogP contribution is -2.18. The number of benzene rings is 1. The molecule has 4 heteroatoms. The molecule has 1 aliphatic rings. The lowest BCUT2D eigenvalue weighted by Gasteiger charge is -2.06. The van der Waals surface area contributed by atoms with Gasteiger partial charge in [0.05, 0.1) is 0 Å². The van der Waals surface area contributed by atoms with Gasteiger partial charge in [-0.3, -0.25) is 4.79 Å². The standard InChI is InChI=1S/C12H15NO3/c13-10-4-8-3-7(1-2-12(15)16)11(14)6-9(8)5-10/h3,6,10,14H,1-2,4-5,13H2,(H,15,16). The molecular weight excluding hydrogens is 206 g/mol. The minimum atomic E-state index is -0.850. The molecule has 4 nitrogen and oxygen atoms in total. The number of carboxylic acids is 1. The van der Waals surface area contributed by atoms with Crippen LogP contribution in [-0.4, -0.2) is 22.2 Å². The molecule has 1 unspecified atom stereocenters. The van der Waals surface area contributed by atoms with Gasteiger partial charge in [0.2, 0.25) is 0 Å². The highest BCUT2D eigenvalue weighted by molar-refractivity contribution is 5.67. The Hall–Kier alpha value is -1.55. The second-order valence-corrected chi connectivity index (χ2v) is 4.31. The maximum atomic E-state index is 10.5. The van der Waals surface area contributed by atoms with Crippen molar-refractivity contribution >= 4 is 5.97 Å². The molecule has 0 amide bonds. The number of aromatic hydroxyl groups is 1. The summed E-state index contributed by atoms with van der Waals surface area (Å²) in [4.78, 5) is 10.5. The Morgan fingerprint density at radius 2 is 2.00 bits per heavy atom.